The zero-order valence-electron chi connectivity index (χ0n) is 22.3. The first-order chi connectivity index (χ1) is 18.1. The van der Waals surface area contributed by atoms with Gasteiger partial charge in [-0.25, -0.2) is 8.42 Å². The fourth-order valence-electron chi connectivity index (χ4n) is 4.68. The van der Waals surface area contributed by atoms with Crippen molar-refractivity contribution in [2.24, 2.45) is 0 Å². The largest absolute Gasteiger partial charge is 0.497 e. The van der Waals surface area contributed by atoms with Gasteiger partial charge in [0, 0.05) is 12.6 Å². The van der Waals surface area contributed by atoms with Gasteiger partial charge in [0.15, 0.2) is 0 Å². The van der Waals surface area contributed by atoms with Crippen LogP contribution < -0.4 is 19.1 Å². The summed E-state index contributed by atoms with van der Waals surface area (Å²) in [4.78, 5) is 28.6. The summed E-state index contributed by atoms with van der Waals surface area (Å²) in [6.07, 6.45) is 5.32. The van der Waals surface area contributed by atoms with Crippen molar-refractivity contribution in [1.82, 2.24) is 10.2 Å². The fourth-order valence-corrected chi connectivity index (χ4v) is 5.77. The maximum Gasteiger partial charge on any atom is 0.244 e. The molecule has 1 N–H and O–H groups in total. The molecule has 0 unspecified atom stereocenters. The standard InChI is InChI=1S/C27H36ClN3O6S/c1-5-24(27(33)29-20-10-6-7-11-20)30(17-19-9-8-12-22(15-19)36-2)26(32)18-31(38(4,34)35)21-13-14-25(37-3)23(28)16-21/h8-9,12-16,20,24H,5-7,10-11,17-18H2,1-4H3,(H,29,33)/t24-/m1/s1. The van der Waals surface area contributed by atoms with E-state index in [4.69, 9.17) is 21.1 Å². The Morgan fingerprint density at radius 2 is 1.82 bits per heavy atom. The summed E-state index contributed by atoms with van der Waals surface area (Å²) in [5.74, 6) is 0.237. The number of amides is 2. The number of hydrogen-bond acceptors (Lipinski definition) is 6. The quantitative estimate of drug-likeness (QED) is 0.417. The van der Waals surface area contributed by atoms with Crippen molar-refractivity contribution < 1.29 is 27.5 Å². The van der Waals surface area contributed by atoms with Gasteiger partial charge >= 0.3 is 0 Å². The minimum Gasteiger partial charge on any atom is -0.497 e. The van der Waals surface area contributed by atoms with Crippen LogP contribution in [0.2, 0.25) is 5.02 Å². The zero-order valence-corrected chi connectivity index (χ0v) is 23.8. The summed E-state index contributed by atoms with van der Waals surface area (Å²) < 4.78 is 37.0. The molecule has 11 heteroatoms. The summed E-state index contributed by atoms with van der Waals surface area (Å²) in [5.41, 5.74) is 0.972. The zero-order chi connectivity index (χ0) is 27.9. The number of sulfonamides is 1. The van der Waals surface area contributed by atoms with Gasteiger partial charge in [0.05, 0.1) is 31.2 Å². The number of anilines is 1. The van der Waals surface area contributed by atoms with E-state index in [1.165, 1.54) is 30.2 Å². The lowest BCUT2D eigenvalue weighted by Gasteiger charge is -2.33. The number of halogens is 1. The second kappa shape index (κ2) is 13.2. The summed E-state index contributed by atoms with van der Waals surface area (Å²) in [6.45, 7) is 1.44. The first-order valence-corrected chi connectivity index (χ1v) is 14.8. The average molecular weight is 566 g/mol. The van der Waals surface area contributed by atoms with Crippen LogP contribution in [0.15, 0.2) is 42.5 Å². The molecular formula is C27H36ClN3O6S. The Hall–Kier alpha value is -2.98. The van der Waals surface area contributed by atoms with E-state index < -0.39 is 28.5 Å². The molecule has 0 spiro atoms. The molecule has 1 fully saturated rings. The summed E-state index contributed by atoms with van der Waals surface area (Å²) in [6, 6.07) is 11.0. The molecule has 208 valence electrons. The second-order valence-electron chi connectivity index (χ2n) is 9.38. The van der Waals surface area contributed by atoms with Crippen molar-refractivity contribution in [1.29, 1.82) is 0 Å². The first-order valence-electron chi connectivity index (χ1n) is 12.6. The molecule has 0 saturated heterocycles. The second-order valence-corrected chi connectivity index (χ2v) is 11.7. The van der Waals surface area contributed by atoms with Crippen molar-refractivity contribution in [3.8, 4) is 11.5 Å². The van der Waals surface area contributed by atoms with Crippen LogP contribution in [0.4, 0.5) is 5.69 Å². The Balaban J connectivity index is 1.95. The highest BCUT2D eigenvalue weighted by Crippen LogP contribution is 2.30. The Morgan fingerprint density at radius 3 is 2.39 bits per heavy atom. The Bertz CT molecular complexity index is 1230. The third kappa shape index (κ3) is 7.54. The Labute approximate surface area is 230 Å². The molecule has 2 aromatic carbocycles. The molecule has 1 atom stereocenters. The number of hydrogen-bond donors (Lipinski definition) is 1. The number of nitrogens with one attached hydrogen (secondary N) is 1. The third-order valence-corrected chi connectivity index (χ3v) is 8.11. The highest BCUT2D eigenvalue weighted by atomic mass is 35.5. The molecule has 2 aromatic rings. The van der Waals surface area contributed by atoms with E-state index in [1.807, 2.05) is 13.0 Å². The van der Waals surface area contributed by atoms with Crippen molar-refractivity contribution in [3.05, 3.63) is 53.1 Å². The molecule has 1 aliphatic rings. The van der Waals surface area contributed by atoms with Crippen molar-refractivity contribution in [2.45, 2.75) is 57.7 Å². The smallest absolute Gasteiger partial charge is 0.244 e. The van der Waals surface area contributed by atoms with Gasteiger partial charge in [-0.1, -0.05) is 43.5 Å². The van der Waals surface area contributed by atoms with E-state index in [9.17, 15) is 18.0 Å². The molecule has 2 amide bonds. The lowest BCUT2D eigenvalue weighted by atomic mass is 10.1. The molecule has 0 bridgehead atoms. The predicted octanol–water partition coefficient (Wildman–Crippen LogP) is 3.99. The van der Waals surface area contributed by atoms with Crippen molar-refractivity contribution in [3.63, 3.8) is 0 Å². The number of ether oxygens (including phenoxy) is 2. The van der Waals surface area contributed by atoms with E-state index in [0.717, 1.165) is 41.8 Å². The van der Waals surface area contributed by atoms with Gasteiger partial charge in [0.1, 0.15) is 24.1 Å². The Kier molecular flexibility index (Phi) is 10.3. The van der Waals surface area contributed by atoms with Gasteiger partial charge < -0.3 is 19.7 Å². The number of rotatable bonds is 12. The summed E-state index contributed by atoms with van der Waals surface area (Å²) in [7, 11) is -0.865. The van der Waals surface area contributed by atoms with Gasteiger partial charge in [-0.05, 0) is 55.2 Å². The van der Waals surface area contributed by atoms with Crippen LogP contribution >= 0.6 is 11.6 Å². The normalized spacial score (nSPS) is 14.6. The molecule has 3 rings (SSSR count). The molecule has 1 saturated carbocycles. The highest BCUT2D eigenvalue weighted by molar-refractivity contribution is 7.92. The van der Waals surface area contributed by atoms with E-state index in [-0.39, 0.29) is 29.2 Å². The van der Waals surface area contributed by atoms with Gasteiger partial charge in [-0.15, -0.1) is 0 Å². The van der Waals surface area contributed by atoms with Gasteiger partial charge in [0.25, 0.3) is 0 Å². The molecule has 1 aliphatic carbocycles. The molecule has 0 heterocycles. The van der Waals surface area contributed by atoms with Crippen LogP contribution in [0.5, 0.6) is 11.5 Å². The average Bonchev–Trinajstić information content (AvgIpc) is 3.39. The molecule has 0 aliphatic heterocycles. The fraction of sp³-hybridized carbons (Fsp3) is 0.481. The monoisotopic (exact) mass is 565 g/mol. The minimum atomic E-state index is -3.87. The van der Waals surface area contributed by atoms with E-state index in [0.29, 0.717) is 17.9 Å². The van der Waals surface area contributed by atoms with Crippen LogP contribution in [0.25, 0.3) is 0 Å². The minimum absolute atomic E-state index is 0.0827. The topological polar surface area (TPSA) is 105 Å². The molecule has 38 heavy (non-hydrogen) atoms. The number of nitrogens with zero attached hydrogens (tertiary/aromatic N) is 2. The number of carbonyl (C=O) groups excluding carboxylic acids is 2. The van der Waals surface area contributed by atoms with Crippen LogP contribution in [0, 0.1) is 0 Å². The van der Waals surface area contributed by atoms with Crippen molar-refractivity contribution in [2.75, 3.05) is 31.3 Å². The molecular weight excluding hydrogens is 530 g/mol. The SMILES string of the molecule is CC[C@H](C(=O)NC1CCCC1)N(Cc1cccc(OC)c1)C(=O)CN(c1ccc(OC)c(Cl)c1)S(C)(=O)=O. The number of carbonyl (C=O) groups is 2. The van der Waals surface area contributed by atoms with Gasteiger partial charge in [-0.2, -0.15) is 0 Å². The lowest BCUT2D eigenvalue weighted by molar-refractivity contribution is -0.140. The van der Waals surface area contributed by atoms with Crippen LogP contribution in [-0.2, 0) is 26.2 Å². The van der Waals surface area contributed by atoms with Crippen LogP contribution in [-0.4, -0.2) is 64.2 Å². The van der Waals surface area contributed by atoms with E-state index >= 15 is 0 Å². The molecule has 0 radical (unpaired) electrons. The Morgan fingerprint density at radius 1 is 1.11 bits per heavy atom. The van der Waals surface area contributed by atoms with Gasteiger partial charge in [0.2, 0.25) is 21.8 Å². The third-order valence-electron chi connectivity index (χ3n) is 6.68. The van der Waals surface area contributed by atoms with Gasteiger partial charge in [-0.3, -0.25) is 13.9 Å². The highest BCUT2D eigenvalue weighted by Gasteiger charge is 2.33. The summed E-state index contributed by atoms with van der Waals surface area (Å²) >= 11 is 6.25. The summed E-state index contributed by atoms with van der Waals surface area (Å²) in [5, 5.41) is 3.30. The lowest BCUT2D eigenvalue weighted by Crippen LogP contribution is -2.53. The van der Waals surface area contributed by atoms with Crippen LogP contribution in [0.3, 0.4) is 0 Å². The van der Waals surface area contributed by atoms with E-state index in [2.05, 4.69) is 5.32 Å². The molecule has 9 nitrogen and oxygen atoms in total. The van der Waals surface area contributed by atoms with Crippen LogP contribution in [0.1, 0.15) is 44.6 Å². The number of benzene rings is 2. The maximum atomic E-state index is 13.8. The maximum absolute atomic E-state index is 13.8. The molecule has 0 aromatic heterocycles. The predicted molar refractivity (Wildman–Crippen MR) is 148 cm³/mol. The van der Waals surface area contributed by atoms with Crippen molar-refractivity contribution >= 4 is 39.1 Å². The number of methoxy groups -OCH3 is 2. The first kappa shape index (κ1) is 29.6. The van der Waals surface area contributed by atoms with E-state index in [1.54, 1.807) is 25.3 Å².